The molecule has 3 rings (SSSR count). The van der Waals surface area contributed by atoms with Gasteiger partial charge in [-0.2, -0.15) is 5.10 Å². The predicted molar refractivity (Wildman–Crippen MR) is 69.5 cm³/mol. The molecule has 1 fully saturated rings. The molecule has 4 nitrogen and oxygen atoms in total. The summed E-state index contributed by atoms with van der Waals surface area (Å²) in [5.41, 5.74) is 2.85. The van der Waals surface area contributed by atoms with E-state index in [1.165, 1.54) is 43.4 Å². The lowest BCUT2D eigenvalue weighted by Gasteiger charge is -2.21. The maximum absolute atomic E-state index is 4.50. The molecule has 3 N–H and O–H groups in total. The van der Waals surface area contributed by atoms with Crippen LogP contribution >= 0.6 is 0 Å². The van der Waals surface area contributed by atoms with Gasteiger partial charge in [0.15, 0.2) is 5.82 Å². The largest absolute Gasteiger partial charge is 0.364 e. The van der Waals surface area contributed by atoms with Crippen LogP contribution in [0.3, 0.4) is 0 Å². The summed E-state index contributed by atoms with van der Waals surface area (Å²) in [6, 6.07) is 0.560. The predicted octanol–water partition coefficient (Wildman–Crippen LogP) is 2.01. The van der Waals surface area contributed by atoms with Crippen LogP contribution < -0.4 is 10.6 Å². The van der Waals surface area contributed by atoms with Gasteiger partial charge in [-0.1, -0.05) is 6.92 Å². The third-order valence-electron chi connectivity index (χ3n) is 4.18. The molecule has 94 valence electrons. The number of nitrogens with one attached hydrogen (secondary N) is 3. The van der Waals surface area contributed by atoms with Crippen LogP contribution in [0, 0.1) is 0 Å². The van der Waals surface area contributed by atoms with E-state index in [4.69, 9.17) is 0 Å². The molecule has 4 heteroatoms. The van der Waals surface area contributed by atoms with E-state index in [1.54, 1.807) is 0 Å². The molecular weight excluding hydrogens is 212 g/mol. The summed E-state index contributed by atoms with van der Waals surface area (Å²) >= 11 is 0. The van der Waals surface area contributed by atoms with E-state index in [-0.39, 0.29) is 0 Å². The Hall–Kier alpha value is -1.03. The van der Waals surface area contributed by atoms with Crippen molar-refractivity contribution >= 4 is 5.82 Å². The van der Waals surface area contributed by atoms with Crippen molar-refractivity contribution in [2.45, 2.75) is 51.0 Å². The summed E-state index contributed by atoms with van der Waals surface area (Å²) in [6.45, 7) is 4.47. The highest BCUT2D eigenvalue weighted by Crippen LogP contribution is 2.35. The highest BCUT2D eigenvalue weighted by molar-refractivity contribution is 5.49. The minimum Gasteiger partial charge on any atom is -0.364 e. The fourth-order valence-electron chi connectivity index (χ4n) is 3.14. The van der Waals surface area contributed by atoms with E-state index < -0.39 is 0 Å². The Balaban J connectivity index is 1.79. The third kappa shape index (κ3) is 2.06. The zero-order valence-corrected chi connectivity index (χ0v) is 10.6. The summed E-state index contributed by atoms with van der Waals surface area (Å²) in [4.78, 5) is 0. The molecule has 1 aliphatic carbocycles. The molecule has 1 aromatic rings. The van der Waals surface area contributed by atoms with Crippen molar-refractivity contribution in [3.8, 4) is 0 Å². The Morgan fingerprint density at radius 1 is 1.41 bits per heavy atom. The second-order valence-corrected chi connectivity index (χ2v) is 5.30. The van der Waals surface area contributed by atoms with Crippen LogP contribution in [0.25, 0.3) is 0 Å². The monoisotopic (exact) mass is 234 g/mol. The highest BCUT2D eigenvalue weighted by Gasteiger charge is 2.25. The number of H-pyrrole nitrogens is 1. The van der Waals surface area contributed by atoms with E-state index in [2.05, 4.69) is 27.8 Å². The number of aromatic amines is 1. The van der Waals surface area contributed by atoms with Crippen molar-refractivity contribution in [3.63, 3.8) is 0 Å². The smallest absolute Gasteiger partial charge is 0.151 e. The molecule has 2 aliphatic rings. The quantitative estimate of drug-likeness (QED) is 0.750. The number of aromatic nitrogens is 2. The summed E-state index contributed by atoms with van der Waals surface area (Å²) in [6.07, 6.45) is 6.24. The standard InChI is InChI=1S/C13H22N4/c1-2-9-4-3-5-11-12(9)16-17-13(11)15-10-6-7-14-8-10/h9-10,14H,2-8H2,1H3,(H2,15,16,17). The van der Waals surface area contributed by atoms with Gasteiger partial charge in [-0.3, -0.25) is 5.10 Å². The molecule has 0 saturated carbocycles. The van der Waals surface area contributed by atoms with Gasteiger partial charge >= 0.3 is 0 Å². The summed E-state index contributed by atoms with van der Waals surface area (Å²) in [7, 11) is 0. The molecule has 2 unspecified atom stereocenters. The Labute approximate surface area is 103 Å². The maximum atomic E-state index is 4.50. The van der Waals surface area contributed by atoms with Gasteiger partial charge < -0.3 is 10.6 Å². The molecule has 0 bridgehead atoms. The molecule has 17 heavy (non-hydrogen) atoms. The van der Waals surface area contributed by atoms with Gasteiger partial charge in [0.25, 0.3) is 0 Å². The lowest BCUT2D eigenvalue weighted by Crippen LogP contribution is -2.23. The normalized spacial score (nSPS) is 28.1. The van der Waals surface area contributed by atoms with E-state index in [1.807, 2.05) is 0 Å². The second-order valence-electron chi connectivity index (χ2n) is 5.30. The van der Waals surface area contributed by atoms with Gasteiger partial charge in [0.05, 0.1) is 0 Å². The lowest BCUT2D eigenvalue weighted by molar-refractivity contribution is 0.528. The highest BCUT2D eigenvalue weighted by atomic mass is 15.2. The minimum atomic E-state index is 0.560. The molecule has 0 spiro atoms. The fourth-order valence-corrected chi connectivity index (χ4v) is 3.14. The molecule has 0 radical (unpaired) electrons. The van der Waals surface area contributed by atoms with Crippen LogP contribution in [0.2, 0.25) is 0 Å². The van der Waals surface area contributed by atoms with Crippen molar-refractivity contribution < 1.29 is 0 Å². The van der Waals surface area contributed by atoms with E-state index in [9.17, 15) is 0 Å². The Bertz CT molecular complexity index is 379. The summed E-state index contributed by atoms with van der Waals surface area (Å²) in [5, 5.41) is 14.7. The van der Waals surface area contributed by atoms with Crippen LogP contribution in [-0.2, 0) is 6.42 Å². The average Bonchev–Trinajstić information content (AvgIpc) is 2.99. The molecule has 1 saturated heterocycles. The van der Waals surface area contributed by atoms with E-state index >= 15 is 0 Å². The Morgan fingerprint density at radius 3 is 3.12 bits per heavy atom. The Morgan fingerprint density at radius 2 is 2.35 bits per heavy atom. The SMILES string of the molecule is CCC1CCCc2c(NC3CCNC3)n[nH]c21. The van der Waals surface area contributed by atoms with Crippen molar-refractivity contribution in [2.75, 3.05) is 18.4 Å². The molecule has 1 aromatic heterocycles. The zero-order valence-electron chi connectivity index (χ0n) is 10.6. The van der Waals surface area contributed by atoms with Crippen molar-refractivity contribution in [1.29, 1.82) is 0 Å². The Kier molecular flexibility index (Phi) is 3.05. The van der Waals surface area contributed by atoms with Crippen LogP contribution in [0.1, 0.15) is 49.8 Å². The van der Waals surface area contributed by atoms with Crippen molar-refractivity contribution in [3.05, 3.63) is 11.3 Å². The molecule has 0 amide bonds. The molecule has 0 aromatic carbocycles. The van der Waals surface area contributed by atoms with Crippen LogP contribution in [0.15, 0.2) is 0 Å². The van der Waals surface area contributed by atoms with Gasteiger partial charge in [0, 0.05) is 29.8 Å². The number of hydrogen-bond donors (Lipinski definition) is 3. The molecule has 2 heterocycles. The molecule has 1 aliphatic heterocycles. The number of rotatable bonds is 3. The summed E-state index contributed by atoms with van der Waals surface area (Å²) in [5.74, 6) is 1.82. The van der Waals surface area contributed by atoms with Crippen LogP contribution in [-0.4, -0.2) is 29.3 Å². The number of anilines is 1. The number of hydrogen-bond acceptors (Lipinski definition) is 3. The molecular formula is C13H22N4. The second kappa shape index (κ2) is 4.69. The van der Waals surface area contributed by atoms with Crippen LogP contribution in [0.5, 0.6) is 0 Å². The minimum absolute atomic E-state index is 0.560. The topological polar surface area (TPSA) is 52.7 Å². The van der Waals surface area contributed by atoms with Crippen molar-refractivity contribution in [2.24, 2.45) is 0 Å². The van der Waals surface area contributed by atoms with E-state index in [0.29, 0.717) is 12.0 Å². The fraction of sp³-hybridized carbons (Fsp3) is 0.769. The first-order valence-corrected chi connectivity index (χ1v) is 6.93. The van der Waals surface area contributed by atoms with Gasteiger partial charge in [0.2, 0.25) is 0 Å². The first-order valence-electron chi connectivity index (χ1n) is 6.93. The van der Waals surface area contributed by atoms with Gasteiger partial charge in [-0.25, -0.2) is 0 Å². The number of nitrogens with zero attached hydrogens (tertiary/aromatic N) is 1. The van der Waals surface area contributed by atoms with E-state index in [0.717, 1.165) is 18.9 Å². The van der Waals surface area contributed by atoms with Crippen molar-refractivity contribution in [1.82, 2.24) is 15.5 Å². The first kappa shape index (κ1) is 11.1. The first-order chi connectivity index (χ1) is 8.38. The van der Waals surface area contributed by atoms with Gasteiger partial charge in [-0.05, 0) is 38.6 Å². The summed E-state index contributed by atoms with van der Waals surface area (Å²) < 4.78 is 0. The molecule has 2 atom stereocenters. The maximum Gasteiger partial charge on any atom is 0.151 e. The zero-order chi connectivity index (χ0) is 11.7. The third-order valence-corrected chi connectivity index (χ3v) is 4.18. The van der Waals surface area contributed by atoms with Crippen LogP contribution in [0.4, 0.5) is 5.82 Å². The lowest BCUT2D eigenvalue weighted by atomic mass is 9.86. The van der Waals surface area contributed by atoms with Gasteiger partial charge in [-0.15, -0.1) is 0 Å². The number of fused-ring (bicyclic) bond motifs is 1. The average molecular weight is 234 g/mol. The van der Waals surface area contributed by atoms with Gasteiger partial charge in [0.1, 0.15) is 0 Å².